The second kappa shape index (κ2) is 10.2. The number of halogens is 3. The number of hydrogen-bond acceptors (Lipinski definition) is 8. The van der Waals surface area contributed by atoms with E-state index in [9.17, 15) is 18.0 Å². The summed E-state index contributed by atoms with van der Waals surface area (Å²) in [6.45, 7) is 6.25. The van der Waals surface area contributed by atoms with E-state index in [0.717, 1.165) is 50.8 Å². The highest BCUT2D eigenvalue weighted by molar-refractivity contribution is 5.94. The molecule has 0 bridgehead atoms. The Bertz CT molecular complexity index is 1410. The molecule has 1 amide bonds. The number of aromatic nitrogens is 5. The summed E-state index contributed by atoms with van der Waals surface area (Å²) in [5.74, 6) is 0.394. The molecule has 2 atom stereocenters. The number of alkyl halides is 3. The van der Waals surface area contributed by atoms with Crippen LogP contribution in [0.5, 0.6) is 5.88 Å². The quantitative estimate of drug-likeness (QED) is 0.476. The Hall–Kier alpha value is -3.48. The van der Waals surface area contributed by atoms with Crippen molar-refractivity contribution in [3.63, 3.8) is 0 Å². The normalized spacial score (nSPS) is 23.3. The summed E-state index contributed by atoms with van der Waals surface area (Å²) in [4.78, 5) is 23.1. The predicted octanol–water partition coefficient (Wildman–Crippen LogP) is 4.33. The lowest BCUT2D eigenvalue weighted by atomic mass is 9.85. The largest absolute Gasteiger partial charge is 0.469 e. The fourth-order valence-electron chi connectivity index (χ4n) is 5.68. The van der Waals surface area contributed by atoms with Crippen LogP contribution < -0.4 is 10.1 Å². The molecule has 1 N–H and O–H groups in total. The van der Waals surface area contributed by atoms with Crippen molar-refractivity contribution in [3.8, 4) is 5.88 Å². The number of fused-ring (bicyclic) bond motifs is 1. The van der Waals surface area contributed by atoms with E-state index in [-0.39, 0.29) is 42.4 Å². The number of pyridine rings is 1. The van der Waals surface area contributed by atoms with Crippen molar-refractivity contribution in [1.82, 2.24) is 29.5 Å². The highest BCUT2D eigenvalue weighted by Gasteiger charge is 2.38. The fourth-order valence-corrected chi connectivity index (χ4v) is 5.68. The smallest absolute Gasteiger partial charge is 0.423 e. The van der Waals surface area contributed by atoms with Crippen molar-refractivity contribution in [2.24, 2.45) is 5.41 Å². The molecule has 1 saturated carbocycles. The van der Waals surface area contributed by atoms with Gasteiger partial charge in [-0.05, 0) is 43.2 Å². The van der Waals surface area contributed by atoms with E-state index in [1.807, 2.05) is 21.6 Å². The number of carbonyl (C=O) groups excluding carboxylic acids is 1. The number of nitrogens with zero attached hydrogens (tertiary/aromatic N) is 6. The zero-order valence-corrected chi connectivity index (χ0v) is 22.4. The zero-order chi connectivity index (χ0) is 28.1. The molecule has 0 aromatic carbocycles. The molecular weight excluding hydrogens is 527 g/mol. The Labute approximate surface area is 229 Å². The van der Waals surface area contributed by atoms with E-state index in [0.29, 0.717) is 17.6 Å². The van der Waals surface area contributed by atoms with Gasteiger partial charge in [0.25, 0.3) is 5.91 Å². The first-order chi connectivity index (χ1) is 19.1. The molecule has 3 aromatic rings. The van der Waals surface area contributed by atoms with Gasteiger partial charge in [-0.1, -0.05) is 20.3 Å². The molecule has 40 heavy (non-hydrogen) atoms. The van der Waals surface area contributed by atoms with Crippen LogP contribution in [0.1, 0.15) is 73.6 Å². The van der Waals surface area contributed by atoms with Gasteiger partial charge in [-0.15, -0.1) is 10.2 Å². The van der Waals surface area contributed by atoms with Crippen LogP contribution in [0.25, 0.3) is 5.65 Å². The van der Waals surface area contributed by atoms with Gasteiger partial charge < -0.3 is 19.7 Å². The topological polar surface area (TPSA) is 107 Å². The third-order valence-corrected chi connectivity index (χ3v) is 7.96. The van der Waals surface area contributed by atoms with Crippen molar-refractivity contribution in [3.05, 3.63) is 41.5 Å². The van der Waals surface area contributed by atoms with Crippen LogP contribution in [0.15, 0.2) is 24.5 Å². The van der Waals surface area contributed by atoms with Crippen LogP contribution in [-0.4, -0.2) is 73.8 Å². The lowest BCUT2D eigenvalue weighted by molar-refractivity contribution is -0.142. The lowest BCUT2D eigenvalue weighted by Crippen LogP contribution is -2.39. The lowest BCUT2D eigenvalue weighted by Gasteiger charge is -2.30. The zero-order valence-electron chi connectivity index (χ0n) is 22.4. The van der Waals surface area contributed by atoms with Crippen LogP contribution in [0, 0.1) is 5.41 Å². The van der Waals surface area contributed by atoms with E-state index < -0.39 is 23.7 Å². The van der Waals surface area contributed by atoms with Crippen molar-refractivity contribution >= 4 is 17.5 Å². The van der Waals surface area contributed by atoms with E-state index in [1.54, 1.807) is 6.07 Å². The molecule has 3 aliphatic rings. The van der Waals surface area contributed by atoms with E-state index in [2.05, 4.69) is 39.3 Å². The first-order valence-electron chi connectivity index (χ1n) is 13.6. The first kappa shape index (κ1) is 26.7. The summed E-state index contributed by atoms with van der Waals surface area (Å²) >= 11 is 0. The molecule has 2 aliphatic heterocycles. The molecule has 10 nitrogen and oxygen atoms in total. The number of likely N-dealkylation sites (tertiary alicyclic amines) is 1. The second-order valence-electron chi connectivity index (χ2n) is 11.7. The van der Waals surface area contributed by atoms with Crippen LogP contribution in [0.4, 0.5) is 19.1 Å². The number of carbonyl (C=O) groups is 1. The second-order valence-corrected chi connectivity index (χ2v) is 11.7. The summed E-state index contributed by atoms with van der Waals surface area (Å²) < 4.78 is 52.9. The molecule has 0 radical (unpaired) electrons. The molecule has 1 aliphatic carbocycles. The summed E-state index contributed by atoms with van der Waals surface area (Å²) in [5.41, 5.74) is 0.362. The average Bonchev–Trinajstić information content (AvgIpc) is 3.47. The van der Waals surface area contributed by atoms with E-state index in [4.69, 9.17) is 9.47 Å². The van der Waals surface area contributed by atoms with Gasteiger partial charge in [0.2, 0.25) is 11.8 Å². The molecule has 3 fully saturated rings. The van der Waals surface area contributed by atoms with Gasteiger partial charge in [-0.25, -0.2) is 4.98 Å². The summed E-state index contributed by atoms with van der Waals surface area (Å²) in [6, 6.07) is 3.53. The Morgan fingerprint density at radius 3 is 2.73 bits per heavy atom. The molecule has 0 spiro atoms. The van der Waals surface area contributed by atoms with Gasteiger partial charge in [0.1, 0.15) is 17.5 Å². The van der Waals surface area contributed by atoms with Crippen molar-refractivity contribution in [1.29, 1.82) is 0 Å². The Morgan fingerprint density at radius 2 is 2.02 bits per heavy atom. The maximum absolute atomic E-state index is 13.5. The van der Waals surface area contributed by atoms with Crippen molar-refractivity contribution in [2.75, 3.05) is 31.6 Å². The minimum absolute atomic E-state index is 0.00116. The number of rotatable bonds is 6. The Kier molecular flexibility index (Phi) is 6.79. The monoisotopic (exact) mass is 559 g/mol. The molecule has 6 rings (SSSR count). The Balaban J connectivity index is 1.19. The summed E-state index contributed by atoms with van der Waals surface area (Å²) in [5, 5.41) is 12.0. The fraction of sp³-hybridized carbons (Fsp3) is 0.593. The molecular formula is C27H32F3N7O3. The number of amides is 1. The SMILES string of the molecule is CC1(C)CCN(C(=O)c2ccc3nnc([C@H]4CCC[C@@H](Nc5ncc(C(F)(F)F)c(OC6COC6)n5)C4)n3c2)C1. The van der Waals surface area contributed by atoms with Crippen LogP contribution in [0.3, 0.4) is 0 Å². The highest BCUT2D eigenvalue weighted by Crippen LogP contribution is 2.37. The number of ether oxygens (including phenoxy) is 2. The molecule has 3 aromatic heterocycles. The predicted molar refractivity (Wildman–Crippen MR) is 138 cm³/mol. The Morgan fingerprint density at radius 1 is 1.20 bits per heavy atom. The average molecular weight is 560 g/mol. The first-order valence-corrected chi connectivity index (χ1v) is 13.6. The van der Waals surface area contributed by atoms with Gasteiger partial charge in [-0.3, -0.25) is 9.20 Å². The number of nitrogens with one attached hydrogen (secondary N) is 1. The summed E-state index contributed by atoms with van der Waals surface area (Å²) in [6.07, 6.45) is 1.68. The van der Waals surface area contributed by atoms with Crippen LogP contribution in [0.2, 0.25) is 0 Å². The van der Waals surface area contributed by atoms with Gasteiger partial charge in [0.05, 0.1) is 18.8 Å². The molecule has 214 valence electrons. The van der Waals surface area contributed by atoms with E-state index >= 15 is 0 Å². The third-order valence-electron chi connectivity index (χ3n) is 7.96. The van der Waals surface area contributed by atoms with Gasteiger partial charge >= 0.3 is 6.18 Å². The standard InChI is InChI=1S/C27H32F3N7O3/c1-26(2)8-9-36(15-26)24(38)17-6-7-21-34-35-22(37(21)12-17)16-4-3-5-18(10-16)32-25-31-11-20(27(28,29)30)23(33-25)40-19-13-39-14-19/h6-7,11-12,16,18-19H,3-5,8-10,13-15H2,1-2H3,(H,31,32,33)/t16-,18+/m0/s1. The maximum atomic E-state index is 13.5. The minimum atomic E-state index is -4.63. The van der Waals surface area contributed by atoms with Gasteiger partial charge in [0.15, 0.2) is 5.65 Å². The van der Waals surface area contributed by atoms with Crippen LogP contribution >= 0.6 is 0 Å². The molecule has 2 saturated heterocycles. The third kappa shape index (κ3) is 5.43. The summed E-state index contributed by atoms with van der Waals surface area (Å²) in [7, 11) is 0. The minimum Gasteiger partial charge on any atom is -0.469 e. The van der Waals surface area contributed by atoms with E-state index in [1.165, 1.54) is 0 Å². The molecule has 5 heterocycles. The molecule has 0 unspecified atom stereocenters. The van der Waals surface area contributed by atoms with Gasteiger partial charge in [-0.2, -0.15) is 18.2 Å². The maximum Gasteiger partial charge on any atom is 0.423 e. The molecule has 13 heteroatoms. The van der Waals surface area contributed by atoms with Gasteiger partial charge in [0, 0.05) is 37.4 Å². The number of hydrogen-bond donors (Lipinski definition) is 1. The van der Waals surface area contributed by atoms with Crippen molar-refractivity contribution in [2.45, 2.75) is 70.2 Å². The number of anilines is 1. The highest BCUT2D eigenvalue weighted by atomic mass is 19.4. The van der Waals surface area contributed by atoms with Crippen LogP contribution in [-0.2, 0) is 10.9 Å². The van der Waals surface area contributed by atoms with Crippen molar-refractivity contribution < 1.29 is 27.4 Å².